The van der Waals surface area contributed by atoms with Crippen LogP contribution in [-0.4, -0.2) is 25.3 Å². The summed E-state index contributed by atoms with van der Waals surface area (Å²) in [5.74, 6) is 1.20. The molecule has 2 aromatic rings. The smallest absolute Gasteiger partial charge is 0.119 e. The number of phenolic OH excluding ortho intramolecular Hbond substituents is 1. The van der Waals surface area contributed by atoms with Crippen LogP contribution < -0.4 is 10.1 Å². The van der Waals surface area contributed by atoms with E-state index < -0.39 is 0 Å². The molecule has 2 aromatic carbocycles. The molecule has 0 heterocycles. The van der Waals surface area contributed by atoms with Crippen molar-refractivity contribution in [3.63, 3.8) is 0 Å². The summed E-state index contributed by atoms with van der Waals surface area (Å²) >= 11 is 0. The largest absolute Gasteiger partial charge is 0.508 e. The van der Waals surface area contributed by atoms with E-state index >= 15 is 0 Å². The summed E-state index contributed by atoms with van der Waals surface area (Å²) in [6, 6.07) is 15.9. The maximum absolute atomic E-state index is 9.52. The van der Waals surface area contributed by atoms with Crippen molar-refractivity contribution in [1.82, 2.24) is 5.32 Å². The summed E-state index contributed by atoms with van der Waals surface area (Å²) in [7, 11) is 3.65. The molecule has 0 aromatic heterocycles. The number of benzene rings is 2. The number of likely N-dealkylation sites (N-methyl/N-ethyl adjacent to an activating group) is 1. The summed E-state index contributed by atoms with van der Waals surface area (Å²) in [5.41, 5.74) is 2.37. The minimum absolute atomic E-state index is 0.318. The van der Waals surface area contributed by atoms with Crippen LogP contribution in [-0.2, 0) is 12.8 Å². The van der Waals surface area contributed by atoms with Crippen LogP contribution >= 0.6 is 0 Å². The quantitative estimate of drug-likeness (QED) is 0.849. The SMILES string of the molecule is CNC(Cc1cccc(O)c1)Cc1cccc(OC)c1. The number of phenols is 1. The maximum Gasteiger partial charge on any atom is 0.119 e. The third-order valence-electron chi connectivity index (χ3n) is 3.42. The van der Waals surface area contributed by atoms with E-state index in [1.165, 1.54) is 5.56 Å². The predicted octanol–water partition coefficient (Wildman–Crippen LogP) is 2.77. The topological polar surface area (TPSA) is 41.5 Å². The van der Waals surface area contributed by atoms with Gasteiger partial charge in [-0.3, -0.25) is 0 Å². The standard InChI is InChI=1S/C17H21NO2/c1-18-15(9-13-5-3-7-16(19)11-13)10-14-6-4-8-17(12-14)20-2/h3-8,11-12,15,18-19H,9-10H2,1-2H3. The van der Waals surface area contributed by atoms with Gasteiger partial charge in [0, 0.05) is 6.04 Å². The van der Waals surface area contributed by atoms with Crippen molar-refractivity contribution < 1.29 is 9.84 Å². The zero-order chi connectivity index (χ0) is 14.4. The lowest BCUT2D eigenvalue weighted by molar-refractivity contribution is 0.414. The molecule has 0 spiro atoms. The fourth-order valence-corrected chi connectivity index (χ4v) is 2.33. The molecule has 3 heteroatoms. The average molecular weight is 271 g/mol. The van der Waals surface area contributed by atoms with E-state index in [1.807, 2.05) is 37.4 Å². The van der Waals surface area contributed by atoms with Gasteiger partial charge in [-0.25, -0.2) is 0 Å². The number of ether oxygens (including phenoxy) is 1. The molecule has 106 valence electrons. The molecule has 1 unspecified atom stereocenters. The minimum Gasteiger partial charge on any atom is -0.508 e. The van der Waals surface area contributed by atoms with Crippen molar-refractivity contribution in [2.24, 2.45) is 0 Å². The molecule has 0 bridgehead atoms. The van der Waals surface area contributed by atoms with Crippen molar-refractivity contribution in [2.45, 2.75) is 18.9 Å². The summed E-state index contributed by atoms with van der Waals surface area (Å²) in [6.45, 7) is 0. The first kappa shape index (κ1) is 14.4. The Balaban J connectivity index is 2.05. The highest BCUT2D eigenvalue weighted by molar-refractivity contribution is 5.30. The van der Waals surface area contributed by atoms with E-state index in [-0.39, 0.29) is 0 Å². The number of hydrogen-bond donors (Lipinski definition) is 2. The van der Waals surface area contributed by atoms with Gasteiger partial charge < -0.3 is 15.2 Å². The number of methoxy groups -OCH3 is 1. The number of rotatable bonds is 6. The molecule has 0 amide bonds. The summed E-state index contributed by atoms with van der Waals surface area (Å²) in [4.78, 5) is 0. The van der Waals surface area contributed by atoms with Gasteiger partial charge in [-0.15, -0.1) is 0 Å². The van der Waals surface area contributed by atoms with Crippen LogP contribution in [0.1, 0.15) is 11.1 Å². The normalized spacial score (nSPS) is 12.1. The number of hydrogen-bond acceptors (Lipinski definition) is 3. The molecule has 3 nitrogen and oxygen atoms in total. The molecule has 20 heavy (non-hydrogen) atoms. The Kier molecular flexibility index (Phi) is 5.02. The van der Waals surface area contributed by atoms with Gasteiger partial charge in [-0.05, 0) is 55.3 Å². The molecule has 2 N–H and O–H groups in total. The third-order valence-corrected chi connectivity index (χ3v) is 3.42. The first-order chi connectivity index (χ1) is 9.71. The van der Waals surface area contributed by atoms with Gasteiger partial charge in [-0.1, -0.05) is 24.3 Å². The lowest BCUT2D eigenvalue weighted by Gasteiger charge is -2.17. The molecule has 0 aliphatic carbocycles. The van der Waals surface area contributed by atoms with Crippen LogP contribution in [0.15, 0.2) is 48.5 Å². The second-order valence-corrected chi connectivity index (χ2v) is 4.92. The lowest BCUT2D eigenvalue weighted by Crippen LogP contribution is -2.29. The number of aromatic hydroxyl groups is 1. The van der Waals surface area contributed by atoms with Crippen LogP contribution in [0.25, 0.3) is 0 Å². The van der Waals surface area contributed by atoms with Gasteiger partial charge in [0.2, 0.25) is 0 Å². The van der Waals surface area contributed by atoms with E-state index in [0.29, 0.717) is 11.8 Å². The second-order valence-electron chi connectivity index (χ2n) is 4.92. The van der Waals surface area contributed by atoms with E-state index in [2.05, 4.69) is 17.4 Å². The molecule has 0 fully saturated rings. The summed E-state index contributed by atoms with van der Waals surface area (Å²) < 4.78 is 5.25. The Hall–Kier alpha value is -2.00. The van der Waals surface area contributed by atoms with E-state index in [0.717, 1.165) is 24.2 Å². The van der Waals surface area contributed by atoms with Gasteiger partial charge in [0.25, 0.3) is 0 Å². The van der Waals surface area contributed by atoms with Crippen molar-refractivity contribution in [1.29, 1.82) is 0 Å². The number of nitrogens with one attached hydrogen (secondary N) is 1. The fourth-order valence-electron chi connectivity index (χ4n) is 2.33. The van der Waals surface area contributed by atoms with Crippen LogP contribution in [0.4, 0.5) is 0 Å². The Labute approximate surface area is 120 Å². The zero-order valence-corrected chi connectivity index (χ0v) is 12.0. The molecular formula is C17H21NO2. The van der Waals surface area contributed by atoms with E-state index in [4.69, 9.17) is 4.74 Å². The average Bonchev–Trinajstić information content (AvgIpc) is 2.47. The van der Waals surface area contributed by atoms with Gasteiger partial charge in [0.15, 0.2) is 0 Å². The minimum atomic E-state index is 0.318. The van der Waals surface area contributed by atoms with Crippen molar-refractivity contribution in [2.75, 3.05) is 14.2 Å². The molecule has 0 radical (unpaired) electrons. The highest BCUT2D eigenvalue weighted by atomic mass is 16.5. The van der Waals surface area contributed by atoms with Crippen LogP contribution in [0.2, 0.25) is 0 Å². The first-order valence-electron chi connectivity index (χ1n) is 6.79. The lowest BCUT2D eigenvalue weighted by atomic mass is 9.99. The van der Waals surface area contributed by atoms with Crippen molar-refractivity contribution >= 4 is 0 Å². The van der Waals surface area contributed by atoms with Gasteiger partial charge in [0.1, 0.15) is 11.5 Å². The highest BCUT2D eigenvalue weighted by Crippen LogP contribution is 2.17. The Morgan fingerprint density at radius 1 is 1.05 bits per heavy atom. The first-order valence-corrected chi connectivity index (χ1v) is 6.79. The molecule has 0 aliphatic heterocycles. The van der Waals surface area contributed by atoms with Gasteiger partial charge in [0.05, 0.1) is 7.11 Å². The van der Waals surface area contributed by atoms with Gasteiger partial charge >= 0.3 is 0 Å². The molecule has 0 saturated carbocycles. The molecule has 0 aliphatic rings. The fraction of sp³-hybridized carbons (Fsp3) is 0.294. The Morgan fingerprint density at radius 3 is 2.30 bits per heavy atom. The van der Waals surface area contributed by atoms with Gasteiger partial charge in [-0.2, -0.15) is 0 Å². The highest BCUT2D eigenvalue weighted by Gasteiger charge is 2.09. The summed E-state index contributed by atoms with van der Waals surface area (Å²) in [5, 5.41) is 12.9. The third kappa shape index (κ3) is 4.00. The second kappa shape index (κ2) is 6.96. The zero-order valence-electron chi connectivity index (χ0n) is 12.0. The van der Waals surface area contributed by atoms with Crippen LogP contribution in [0, 0.1) is 0 Å². The maximum atomic E-state index is 9.52. The molecular weight excluding hydrogens is 250 g/mol. The predicted molar refractivity (Wildman–Crippen MR) is 81.4 cm³/mol. The monoisotopic (exact) mass is 271 g/mol. The van der Waals surface area contributed by atoms with Crippen LogP contribution in [0.5, 0.6) is 11.5 Å². The molecule has 0 saturated heterocycles. The van der Waals surface area contributed by atoms with E-state index in [1.54, 1.807) is 13.2 Å². The molecule has 2 rings (SSSR count). The van der Waals surface area contributed by atoms with E-state index in [9.17, 15) is 5.11 Å². The summed E-state index contributed by atoms with van der Waals surface area (Å²) in [6.07, 6.45) is 1.80. The van der Waals surface area contributed by atoms with Crippen molar-refractivity contribution in [3.8, 4) is 11.5 Å². The Morgan fingerprint density at radius 2 is 1.70 bits per heavy atom. The molecule has 1 atom stereocenters. The Bertz CT molecular complexity index is 554. The van der Waals surface area contributed by atoms with Crippen molar-refractivity contribution in [3.05, 3.63) is 59.7 Å². The van der Waals surface area contributed by atoms with Crippen LogP contribution in [0.3, 0.4) is 0 Å².